The molecule has 0 radical (unpaired) electrons. The van der Waals surface area contributed by atoms with Crippen molar-refractivity contribution >= 4 is 41.0 Å². The van der Waals surface area contributed by atoms with Gasteiger partial charge in [0.25, 0.3) is 17.8 Å². The van der Waals surface area contributed by atoms with Gasteiger partial charge in [-0.3, -0.25) is 9.59 Å². The lowest BCUT2D eigenvalue weighted by molar-refractivity contribution is 0.0924. The highest BCUT2D eigenvalue weighted by Crippen LogP contribution is 2.37. The molecule has 1 N–H and O–H groups in total. The van der Waals surface area contributed by atoms with Crippen LogP contribution >= 0.6 is 11.6 Å². The molecule has 6 rings (SSSR count). The van der Waals surface area contributed by atoms with Crippen molar-refractivity contribution in [2.24, 2.45) is 0 Å². The van der Waals surface area contributed by atoms with Crippen LogP contribution in [0.25, 0.3) is 5.70 Å². The highest BCUT2D eigenvalue weighted by atomic mass is 35.5. The van der Waals surface area contributed by atoms with Crippen molar-refractivity contribution in [3.8, 4) is 0 Å². The number of rotatable bonds is 3. The van der Waals surface area contributed by atoms with Gasteiger partial charge in [-0.25, -0.2) is 9.58 Å². The van der Waals surface area contributed by atoms with E-state index < -0.39 is 11.8 Å². The van der Waals surface area contributed by atoms with E-state index in [1.165, 1.54) is 0 Å². The van der Waals surface area contributed by atoms with Crippen LogP contribution in [0, 0.1) is 0 Å². The van der Waals surface area contributed by atoms with Crippen LogP contribution in [0.2, 0.25) is 5.02 Å². The molecule has 4 aromatic rings. The molecule has 1 aromatic heterocycles. The van der Waals surface area contributed by atoms with Gasteiger partial charge in [0.05, 0.1) is 11.1 Å². The summed E-state index contributed by atoms with van der Waals surface area (Å²) in [4.78, 5) is 31.5. The molecule has 0 saturated heterocycles. The molecule has 0 bridgehead atoms. The van der Waals surface area contributed by atoms with E-state index in [0.29, 0.717) is 22.1 Å². The quantitative estimate of drug-likeness (QED) is 0.451. The van der Waals surface area contributed by atoms with Gasteiger partial charge in [-0.2, -0.15) is 4.98 Å². The van der Waals surface area contributed by atoms with Crippen molar-refractivity contribution in [2.75, 3.05) is 10.2 Å². The van der Waals surface area contributed by atoms with Crippen molar-refractivity contribution in [1.82, 2.24) is 14.8 Å². The van der Waals surface area contributed by atoms with Crippen LogP contribution in [0.15, 0.2) is 84.9 Å². The molecule has 3 aromatic carbocycles. The van der Waals surface area contributed by atoms with Gasteiger partial charge in [0.1, 0.15) is 6.04 Å². The second-order valence-corrected chi connectivity index (χ2v) is 8.12. The Morgan fingerprint density at radius 3 is 2.15 bits per heavy atom. The minimum atomic E-state index is -0.441. The van der Waals surface area contributed by atoms with Gasteiger partial charge >= 0.3 is 0 Å². The van der Waals surface area contributed by atoms with Crippen LogP contribution in [-0.4, -0.2) is 26.6 Å². The number of fused-ring (bicyclic) bond motifs is 2. The fraction of sp³-hybridized carbons (Fsp3) is 0.0400. The summed E-state index contributed by atoms with van der Waals surface area (Å²) in [6, 6.07) is 23.6. The summed E-state index contributed by atoms with van der Waals surface area (Å²) in [5.41, 5.74) is 3.30. The molecule has 0 spiro atoms. The molecular formula is C25H16ClN5O2. The number of carbonyl (C=O) groups is 2. The number of aromatic nitrogens is 3. The van der Waals surface area contributed by atoms with Gasteiger partial charge in [0.2, 0.25) is 5.95 Å². The summed E-state index contributed by atoms with van der Waals surface area (Å²) in [6.45, 7) is 0. The summed E-state index contributed by atoms with van der Waals surface area (Å²) in [7, 11) is 0. The highest BCUT2D eigenvalue weighted by molar-refractivity contribution is 6.34. The van der Waals surface area contributed by atoms with Gasteiger partial charge in [-0.05, 0) is 35.4 Å². The van der Waals surface area contributed by atoms with Crippen LogP contribution < -0.4 is 10.2 Å². The third kappa shape index (κ3) is 3.05. The number of halogens is 1. The molecule has 160 valence electrons. The largest absolute Gasteiger partial charge is 0.324 e. The van der Waals surface area contributed by atoms with Crippen LogP contribution in [-0.2, 0) is 0 Å². The van der Waals surface area contributed by atoms with Crippen molar-refractivity contribution in [3.05, 3.63) is 112 Å². The maximum absolute atomic E-state index is 13.0. The molecule has 33 heavy (non-hydrogen) atoms. The van der Waals surface area contributed by atoms with E-state index in [1.807, 2.05) is 60.7 Å². The van der Waals surface area contributed by atoms with Crippen LogP contribution in [0.5, 0.6) is 0 Å². The Labute approximate surface area is 193 Å². The fourth-order valence-corrected chi connectivity index (χ4v) is 4.42. The Balaban J connectivity index is 1.47. The van der Waals surface area contributed by atoms with Gasteiger partial charge in [0.15, 0.2) is 0 Å². The van der Waals surface area contributed by atoms with Gasteiger partial charge < -0.3 is 5.32 Å². The first-order valence-corrected chi connectivity index (χ1v) is 10.7. The lowest BCUT2D eigenvalue weighted by atomic mass is 10.0. The van der Waals surface area contributed by atoms with Crippen molar-refractivity contribution < 1.29 is 9.59 Å². The van der Waals surface area contributed by atoms with E-state index in [1.54, 1.807) is 28.9 Å². The minimum absolute atomic E-state index is 0.0171. The predicted octanol–water partition coefficient (Wildman–Crippen LogP) is 4.79. The number of amides is 2. The monoisotopic (exact) mass is 453 g/mol. The van der Waals surface area contributed by atoms with Gasteiger partial charge in [0, 0.05) is 10.7 Å². The number of allylic oxidation sites excluding steroid dienone is 1. The molecule has 0 saturated carbocycles. The zero-order chi connectivity index (χ0) is 22.5. The van der Waals surface area contributed by atoms with Crippen LogP contribution in [0.4, 0.5) is 11.9 Å². The van der Waals surface area contributed by atoms with E-state index in [0.717, 1.165) is 21.7 Å². The molecule has 0 fully saturated rings. The minimum Gasteiger partial charge on any atom is -0.324 e. The first kappa shape index (κ1) is 19.5. The fourth-order valence-electron chi connectivity index (χ4n) is 4.17. The Bertz CT molecular complexity index is 1430. The standard InChI is InChI=1S/C25H16ClN5O2/c26-19-13-7-6-12-18(19)21-14-20(15-8-2-1-3-9-15)27-24-28-25(29-31(21)24)30-22(32)16-10-4-5-11-17(16)23(30)33/h1-14,21H,(H,27,28,29)/t21-/m0/s1. The smallest absolute Gasteiger partial charge is 0.268 e. The molecule has 1 atom stereocenters. The van der Waals surface area contributed by atoms with E-state index >= 15 is 0 Å². The molecule has 8 heteroatoms. The zero-order valence-electron chi connectivity index (χ0n) is 17.1. The predicted molar refractivity (Wildman–Crippen MR) is 125 cm³/mol. The maximum atomic E-state index is 13.0. The van der Waals surface area contributed by atoms with Crippen LogP contribution in [0.3, 0.4) is 0 Å². The van der Waals surface area contributed by atoms with Crippen molar-refractivity contribution in [1.29, 1.82) is 0 Å². The molecule has 2 aliphatic rings. The van der Waals surface area contributed by atoms with Crippen molar-refractivity contribution in [2.45, 2.75) is 6.04 Å². The summed E-state index contributed by atoms with van der Waals surface area (Å²) < 4.78 is 1.65. The Hall–Kier alpha value is -4.23. The summed E-state index contributed by atoms with van der Waals surface area (Å²) in [5, 5.41) is 8.43. The molecule has 2 amide bonds. The number of anilines is 2. The molecule has 0 aliphatic carbocycles. The average Bonchev–Trinajstić information content (AvgIpc) is 3.38. The van der Waals surface area contributed by atoms with E-state index in [9.17, 15) is 9.59 Å². The number of imide groups is 1. The third-order valence-corrected chi connectivity index (χ3v) is 6.10. The zero-order valence-corrected chi connectivity index (χ0v) is 17.9. The normalized spacial score (nSPS) is 16.8. The van der Waals surface area contributed by atoms with E-state index in [2.05, 4.69) is 15.4 Å². The topological polar surface area (TPSA) is 80.1 Å². The first-order valence-electron chi connectivity index (χ1n) is 10.3. The highest BCUT2D eigenvalue weighted by Gasteiger charge is 2.40. The molecule has 0 unspecified atom stereocenters. The number of nitrogens with one attached hydrogen (secondary N) is 1. The molecule has 7 nitrogen and oxygen atoms in total. The number of hydrogen-bond donors (Lipinski definition) is 1. The van der Waals surface area contributed by atoms with E-state index in [4.69, 9.17) is 11.6 Å². The summed E-state index contributed by atoms with van der Waals surface area (Å²) >= 11 is 6.53. The Morgan fingerprint density at radius 2 is 1.45 bits per heavy atom. The van der Waals surface area contributed by atoms with Crippen LogP contribution in [0.1, 0.15) is 37.9 Å². The first-order chi connectivity index (χ1) is 16.1. The Morgan fingerprint density at radius 1 is 0.818 bits per heavy atom. The summed E-state index contributed by atoms with van der Waals surface area (Å²) in [5.74, 6) is -0.454. The second kappa shape index (κ2) is 7.43. The average molecular weight is 454 g/mol. The second-order valence-electron chi connectivity index (χ2n) is 7.71. The van der Waals surface area contributed by atoms with Crippen molar-refractivity contribution in [3.63, 3.8) is 0 Å². The number of nitrogens with zero attached hydrogens (tertiary/aromatic N) is 4. The summed E-state index contributed by atoms with van der Waals surface area (Å²) in [6.07, 6.45) is 2.00. The molecule has 3 heterocycles. The van der Waals surface area contributed by atoms with E-state index in [-0.39, 0.29) is 12.0 Å². The number of hydrogen-bond acceptors (Lipinski definition) is 5. The lowest BCUT2D eigenvalue weighted by Crippen LogP contribution is -2.30. The maximum Gasteiger partial charge on any atom is 0.268 e. The lowest BCUT2D eigenvalue weighted by Gasteiger charge is -2.24. The van der Waals surface area contributed by atoms with Gasteiger partial charge in [-0.1, -0.05) is 72.3 Å². The number of carbonyl (C=O) groups excluding carboxylic acids is 2. The third-order valence-electron chi connectivity index (χ3n) is 5.76. The Kier molecular flexibility index (Phi) is 4.38. The molecule has 2 aliphatic heterocycles. The molecular weight excluding hydrogens is 438 g/mol. The number of benzene rings is 3. The SMILES string of the molecule is O=C1c2ccccc2C(=O)N1c1nc2n(n1)[C@H](c1ccccc1Cl)C=C(c1ccccc1)N2. The van der Waals surface area contributed by atoms with Gasteiger partial charge in [-0.15, -0.1) is 5.10 Å².